The first kappa shape index (κ1) is 24.7. The number of nitrogens with one attached hydrogen (secondary N) is 1. The normalized spacial score (nSPS) is 12.7. The number of ether oxygens (including phenoxy) is 1. The lowest BCUT2D eigenvalue weighted by molar-refractivity contribution is -0.123. The molecule has 1 aliphatic rings. The second-order valence-electron chi connectivity index (χ2n) is 8.54. The van der Waals surface area contributed by atoms with Crippen molar-refractivity contribution in [3.63, 3.8) is 0 Å². The Morgan fingerprint density at radius 3 is 2.65 bits per heavy atom. The standard InChI is InChI=1S/C27H23N5O3S2/c1-15(35-26(34)18-8-11-19(12-9-18)32-16(2)30-31-27(32)36-3)24(33)29-25-22(14-28)21-13-10-17-6-4-5-7-20(17)23(21)37-25/h4-9,11-12,15H,10,13H2,1-3H3,(H,29,33). The topological polar surface area (TPSA) is 110 Å². The predicted molar refractivity (Wildman–Crippen MR) is 143 cm³/mol. The van der Waals surface area contributed by atoms with Crippen molar-refractivity contribution in [3.05, 3.63) is 76.6 Å². The number of nitriles is 1. The summed E-state index contributed by atoms with van der Waals surface area (Å²) in [5, 5.41) is 22.1. The second kappa shape index (κ2) is 10.2. The molecule has 2 heterocycles. The molecule has 5 rings (SSSR count). The van der Waals surface area contributed by atoms with Crippen LogP contribution in [0.2, 0.25) is 0 Å². The van der Waals surface area contributed by atoms with Gasteiger partial charge in [0.1, 0.15) is 16.9 Å². The molecule has 4 aromatic rings. The van der Waals surface area contributed by atoms with Gasteiger partial charge in [0.05, 0.1) is 11.1 Å². The van der Waals surface area contributed by atoms with Gasteiger partial charge in [-0.05, 0) is 73.9 Å². The second-order valence-corrected chi connectivity index (χ2v) is 10.3. The Morgan fingerprint density at radius 2 is 1.92 bits per heavy atom. The molecular formula is C27H23N5O3S2. The lowest BCUT2D eigenvalue weighted by atomic mass is 9.90. The molecule has 1 N–H and O–H groups in total. The Bertz CT molecular complexity index is 1550. The molecule has 0 aliphatic heterocycles. The van der Waals surface area contributed by atoms with Crippen LogP contribution in [0.5, 0.6) is 0 Å². The van der Waals surface area contributed by atoms with Crippen LogP contribution >= 0.6 is 23.1 Å². The van der Waals surface area contributed by atoms with Gasteiger partial charge in [0.25, 0.3) is 5.91 Å². The van der Waals surface area contributed by atoms with E-state index in [9.17, 15) is 14.9 Å². The highest BCUT2D eigenvalue weighted by Crippen LogP contribution is 2.44. The fourth-order valence-electron chi connectivity index (χ4n) is 4.36. The van der Waals surface area contributed by atoms with Gasteiger partial charge in [-0.25, -0.2) is 4.79 Å². The quantitative estimate of drug-likeness (QED) is 0.271. The Morgan fingerprint density at radius 1 is 1.16 bits per heavy atom. The summed E-state index contributed by atoms with van der Waals surface area (Å²) in [6, 6.07) is 17.2. The summed E-state index contributed by atoms with van der Waals surface area (Å²) in [6.07, 6.45) is 2.47. The number of anilines is 1. The first-order valence-electron chi connectivity index (χ1n) is 11.6. The molecule has 8 nitrogen and oxygen atoms in total. The summed E-state index contributed by atoms with van der Waals surface area (Å²) in [7, 11) is 0. The molecule has 0 saturated heterocycles. The highest BCUT2D eigenvalue weighted by Gasteiger charge is 2.27. The Hall–Kier alpha value is -3.94. The SMILES string of the molecule is CSc1nnc(C)n1-c1ccc(C(=O)OC(C)C(=O)Nc2sc3c(c2C#N)CCc2ccccc2-3)cc1. The molecule has 37 heavy (non-hydrogen) atoms. The number of benzene rings is 2. The van der Waals surface area contributed by atoms with E-state index in [-0.39, 0.29) is 0 Å². The summed E-state index contributed by atoms with van der Waals surface area (Å²) in [4.78, 5) is 26.7. The molecule has 2 aromatic carbocycles. The van der Waals surface area contributed by atoms with Gasteiger partial charge in [-0.1, -0.05) is 36.0 Å². The monoisotopic (exact) mass is 529 g/mol. The van der Waals surface area contributed by atoms with E-state index in [0.29, 0.717) is 16.1 Å². The van der Waals surface area contributed by atoms with Crippen molar-refractivity contribution in [1.29, 1.82) is 5.26 Å². The fourth-order valence-corrected chi connectivity index (χ4v) is 6.17. The lowest BCUT2D eigenvalue weighted by Crippen LogP contribution is -2.30. The maximum atomic E-state index is 12.9. The van der Waals surface area contributed by atoms with Gasteiger partial charge in [-0.15, -0.1) is 21.5 Å². The van der Waals surface area contributed by atoms with E-state index >= 15 is 0 Å². The molecule has 1 aliphatic carbocycles. The number of rotatable bonds is 6. The number of thioether (sulfide) groups is 1. The van der Waals surface area contributed by atoms with Crippen LogP contribution < -0.4 is 5.32 Å². The zero-order valence-corrected chi connectivity index (χ0v) is 22.1. The molecule has 2 aromatic heterocycles. The van der Waals surface area contributed by atoms with Gasteiger partial charge < -0.3 is 10.1 Å². The smallest absolute Gasteiger partial charge is 0.338 e. The lowest BCUT2D eigenvalue weighted by Gasteiger charge is -2.15. The van der Waals surface area contributed by atoms with E-state index in [4.69, 9.17) is 4.74 Å². The Labute approximate surface area is 222 Å². The number of aromatic nitrogens is 3. The molecular weight excluding hydrogens is 506 g/mol. The predicted octanol–water partition coefficient (Wildman–Crippen LogP) is 5.18. The minimum absolute atomic E-state index is 0.320. The van der Waals surface area contributed by atoms with Crippen LogP contribution in [0.3, 0.4) is 0 Å². The Balaban J connectivity index is 1.29. The summed E-state index contributed by atoms with van der Waals surface area (Å²) in [5.74, 6) is -0.363. The van der Waals surface area contributed by atoms with Crippen LogP contribution in [0.1, 0.15) is 39.8 Å². The summed E-state index contributed by atoms with van der Waals surface area (Å²) < 4.78 is 7.33. The van der Waals surface area contributed by atoms with Crippen LogP contribution in [0.25, 0.3) is 16.1 Å². The third kappa shape index (κ3) is 4.63. The number of carbonyl (C=O) groups excluding carboxylic acids is 2. The maximum absolute atomic E-state index is 12.9. The van der Waals surface area contributed by atoms with Gasteiger partial charge in [0.2, 0.25) is 0 Å². The van der Waals surface area contributed by atoms with E-state index in [1.54, 1.807) is 24.3 Å². The molecule has 0 fully saturated rings. The summed E-state index contributed by atoms with van der Waals surface area (Å²) in [6.45, 7) is 3.37. The van der Waals surface area contributed by atoms with Gasteiger partial charge in [0, 0.05) is 10.6 Å². The number of thiophene rings is 1. The number of hydrogen-bond acceptors (Lipinski definition) is 8. The third-order valence-electron chi connectivity index (χ3n) is 6.25. The van der Waals surface area contributed by atoms with E-state index in [1.807, 2.05) is 35.9 Å². The number of fused-ring (bicyclic) bond motifs is 3. The minimum atomic E-state index is -1.05. The van der Waals surface area contributed by atoms with Crippen molar-refractivity contribution in [2.24, 2.45) is 0 Å². The van der Waals surface area contributed by atoms with Crippen LogP contribution in [0.4, 0.5) is 5.00 Å². The van der Waals surface area contributed by atoms with E-state index in [1.165, 1.54) is 35.6 Å². The summed E-state index contributed by atoms with van der Waals surface area (Å²) >= 11 is 2.86. The van der Waals surface area contributed by atoms with Gasteiger partial charge in [-0.2, -0.15) is 5.26 Å². The number of aryl methyl sites for hydroxylation is 2. The molecule has 1 unspecified atom stereocenters. The van der Waals surface area contributed by atoms with Gasteiger partial charge in [-0.3, -0.25) is 9.36 Å². The number of nitrogens with zero attached hydrogens (tertiary/aromatic N) is 4. The first-order chi connectivity index (χ1) is 17.9. The van der Waals surface area contributed by atoms with Crippen molar-refractivity contribution < 1.29 is 14.3 Å². The summed E-state index contributed by atoms with van der Waals surface area (Å²) in [5.41, 5.74) is 4.91. The van der Waals surface area contributed by atoms with E-state index in [0.717, 1.165) is 45.5 Å². The number of esters is 1. The number of carbonyl (C=O) groups is 2. The van der Waals surface area contributed by atoms with Gasteiger partial charge >= 0.3 is 5.97 Å². The van der Waals surface area contributed by atoms with Crippen LogP contribution in [0.15, 0.2) is 53.7 Å². The molecule has 0 radical (unpaired) electrons. The number of hydrogen-bond donors (Lipinski definition) is 1. The van der Waals surface area contributed by atoms with Crippen LogP contribution in [0, 0.1) is 18.3 Å². The average Bonchev–Trinajstić information content (AvgIpc) is 3.47. The Kier molecular flexibility index (Phi) is 6.82. The highest BCUT2D eigenvalue weighted by molar-refractivity contribution is 7.98. The van der Waals surface area contributed by atoms with Crippen molar-refractivity contribution in [1.82, 2.24) is 14.8 Å². The van der Waals surface area contributed by atoms with Crippen molar-refractivity contribution in [3.8, 4) is 22.2 Å². The highest BCUT2D eigenvalue weighted by atomic mass is 32.2. The first-order valence-corrected chi connectivity index (χ1v) is 13.7. The zero-order valence-electron chi connectivity index (χ0n) is 20.4. The molecule has 1 amide bonds. The largest absolute Gasteiger partial charge is 0.449 e. The molecule has 0 bridgehead atoms. The third-order valence-corrected chi connectivity index (χ3v) is 8.06. The number of amides is 1. The maximum Gasteiger partial charge on any atom is 0.338 e. The zero-order chi connectivity index (χ0) is 26.1. The van der Waals surface area contributed by atoms with E-state index < -0.39 is 18.0 Å². The minimum Gasteiger partial charge on any atom is -0.449 e. The van der Waals surface area contributed by atoms with Gasteiger partial charge in [0.15, 0.2) is 11.3 Å². The molecule has 186 valence electrons. The molecule has 0 saturated carbocycles. The van der Waals surface area contributed by atoms with E-state index in [2.05, 4.69) is 27.6 Å². The van der Waals surface area contributed by atoms with Crippen molar-refractivity contribution in [2.75, 3.05) is 11.6 Å². The van der Waals surface area contributed by atoms with Crippen LogP contribution in [-0.4, -0.2) is 39.0 Å². The van der Waals surface area contributed by atoms with Crippen LogP contribution in [-0.2, 0) is 22.4 Å². The van der Waals surface area contributed by atoms with Crippen molar-refractivity contribution >= 4 is 40.0 Å². The molecule has 1 atom stereocenters. The van der Waals surface area contributed by atoms with Crippen molar-refractivity contribution in [2.45, 2.75) is 37.9 Å². The molecule has 0 spiro atoms. The average molecular weight is 530 g/mol. The fraction of sp³-hybridized carbons (Fsp3) is 0.222. The molecule has 10 heteroatoms.